The SMILES string of the molecule is CC1=NN(c2ccc(Cl)c(Cl)c2)C(=O)/C1=C/c1cc2c(cc1Cl)OCO2. The summed E-state index contributed by atoms with van der Waals surface area (Å²) >= 11 is 18.3. The molecule has 132 valence electrons. The highest BCUT2D eigenvalue weighted by Gasteiger charge is 2.29. The fourth-order valence-electron chi connectivity index (χ4n) is 2.68. The first-order valence-electron chi connectivity index (χ1n) is 7.60. The van der Waals surface area contributed by atoms with E-state index in [1.807, 2.05) is 0 Å². The largest absolute Gasteiger partial charge is 0.454 e. The van der Waals surface area contributed by atoms with Crippen LogP contribution in [0.5, 0.6) is 11.5 Å². The Labute approximate surface area is 164 Å². The van der Waals surface area contributed by atoms with E-state index in [2.05, 4.69) is 5.10 Å². The number of rotatable bonds is 2. The van der Waals surface area contributed by atoms with E-state index in [0.29, 0.717) is 49.1 Å². The zero-order chi connectivity index (χ0) is 18.4. The van der Waals surface area contributed by atoms with Gasteiger partial charge in [0.1, 0.15) is 0 Å². The van der Waals surface area contributed by atoms with Gasteiger partial charge in [-0.3, -0.25) is 4.79 Å². The van der Waals surface area contributed by atoms with E-state index in [-0.39, 0.29) is 12.7 Å². The maximum absolute atomic E-state index is 12.8. The van der Waals surface area contributed by atoms with Crippen LogP contribution in [0.1, 0.15) is 12.5 Å². The lowest BCUT2D eigenvalue weighted by atomic mass is 10.1. The van der Waals surface area contributed by atoms with Crippen LogP contribution in [0.15, 0.2) is 41.0 Å². The molecule has 2 aliphatic rings. The van der Waals surface area contributed by atoms with Crippen LogP contribution in [0.3, 0.4) is 0 Å². The molecule has 0 N–H and O–H groups in total. The summed E-state index contributed by atoms with van der Waals surface area (Å²) in [6.45, 7) is 1.90. The number of fused-ring (bicyclic) bond motifs is 1. The fourth-order valence-corrected chi connectivity index (χ4v) is 3.18. The molecule has 4 rings (SSSR count). The number of halogens is 3. The number of hydrogen-bond donors (Lipinski definition) is 0. The second kappa shape index (κ2) is 6.50. The molecule has 26 heavy (non-hydrogen) atoms. The summed E-state index contributed by atoms with van der Waals surface area (Å²) < 4.78 is 10.7. The molecule has 0 aliphatic carbocycles. The van der Waals surface area contributed by atoms with Crippen molar-refractivity contribution < 1.29 is 14.3 Å². The fraction of sp³-hybridized carbons (Fsp3) is 0.111. The Kier molecular flexibility index (Phi) is 4.31. The molecule has 8 heteroatoms. The van der Waals surface area contributed by atoms with Gasteiger partial charge < -0.3 is 9.47 Å². The van der Waals surface area contributed by atoms with Crippen molar-refractivity contribution in [3.8, 4) is 11.5 Å². The molecule has 0 spiro atoms. The van der Waals surface area contributed by atoms with Gasteiger partial charge in [-0.15, -0.1) is 0 Å². The van der Waals surface area contributed by atoms with Crippen molar-refractivity contribution in [2.45, 2.75) is 6.92 Å². The molecule has 1 amide bonds. The van der Waals surface area contributed by atoms with Crippen LogP contribution in [-0.2, 0) is 4.79 Å². The lowest BCUT2D eigenvalue weighted by molar-refractivity contribution is -0.114. The summed E-state index contributed by atoms with van der Waals surface area (Å²) in [5, 5.41) is 6.81. The molecule has 0 fully saturated rings. The Morgan fingerprint density at radius 3 is 2.50 bits per heavy atom. The van der Waals surface area contributed by atoms with Gasteiger partial charge in [0.05, 0.1) is 32.0 Å². The highest BCUT2D eigenvalue weighted by molar-refractivity contribution is 6.42. The number of carbonyl (C=O) groups excluding carboxylic acids is 1. The molecule has 0 aromatic heterocycles. The van der Waals surface area contributed by atoms with E-state index in [1.54, 1.807) is 43.3 Å². The minimum absolute atomic E-state index is 0.149. The average molecular weight is 410 g/mol. The van der Waals surface area contributed by atoms with Crippen LogP contribution >= 0.6 is 34.8 Å². The van der Waals surface area contributed by atoms with Crippen LogP contribution in [0, 0.1) is 0 Å². The van der Waals surface area contributed by atoms with Crippen molar-refractivity contribution in [3.63, 3.8) is 0 Å². The summed E-state index contributed by atoms with van der Waals surface area (Å²) in [7, 11) is 0. The Bertz CT molecular complexity index is 1000. The molecule has 0 saturated carbocycles. The molecule has 0 bridgehead atoms. The quantitative estimate of drug-likeness (QED) is 0.642. The van der Waals surface area contributed by atoms with E-state index in [4.69, 9.17) is 44.3 Å². The summed E-state index contributed by atoms with van der Waals surface area (Å²) in [6.07, 6.45) is 1.68. The number of hydrazone groups is 1. The molecular weight excluding hydrogens is 399 g/mol. The molecule has 0 saturated heterocycles. The van der Waals surface area contributed by atoms with Crippen LogP contribution in [0.25, 0.3) is 6.08 Å². The van der Waals surface area contributed by atoms with Crippen LogP contribution in [-0.4, -0.2) is 18.4 Å². The standard InChI is InChI=1S/C18H11Cl3N2O3/c1-9-12(4-10-5-16-17(7-14(10)20)26-8-25-16)18(24)23(22-9)11-2-3-13(19)15(21)6-11/h2-7H,8H2,1H3/b12-4+. The monoisotopic (exact) mass is 408 g/mol. The molecule has 2 aromatic rings. The van der Waals surface area contributed by atoms with E-state index < -0.39 is 0 Å². The van der Waals surface area contributed by atoms with Gasteiger partial charge in [-0.25, -0.2) is 0 Å². The third kappa shape index (κ3) is 2.92. The van der Waals surface area contributed by atoms with Crippen LogP contribution in [0.2, 0.25) is 15.1 Å². The highest BCUT2D eigenvalue weighted by Crippen LogP contribution is 2.38. The molecule has 5 nitrogen and oxygen atoms in total. The van der Waals surface area contributed by atoms with Gasteiger partial charge in [0.25, 0.3) is 5.91 Å². The third-order valence-corrected chi connectivity index (χ3v) is 5.07. The number of anilines is 1. The molecule has 2 aliphatic heterocycles. The summed E-state index contributed by atoms with van der Waals surface area (Å²) in [5.74, 6) is 0.884. The van der Waals surface area contributed by atoms with Crippen LogP contribution in [0.4, 0.5) is 5.69 Å². The zero-order valence-corrected chi connectivity index (χ0v) is 15.7. The van der Waals surface area contributed by atoms with E-state index >= 15 is 0 Å². The van der Waals surface area contributed by atoms with Gasteiger partial charge in [-0.2, -0.15) is 10.1 Å². The number of carbonyl (C=O) groups is 1. The minimum Gasteiger partial charge on any atom is -0.454 e. The van der Waals surface area contributed by atoms with Crippen molar-refractivity contribution in [1.82, 2.24) is 0 Å². The summed E-state index contributed by atoms with van der Waals surface area (Å²) in [4.78, 5) is 12.8. The van der Waals surface area contributed by atoms with Gasteiger partial charge in [-0.05, 0) is 42.8 Å². The number of benzene rings is 2. The average Bonchev–Trinajstić information content (AvgIpc) is 3.16. The maximum atomic E-state index is 12.8. The molecule has 0 radical (unpaired) electrons. The second-order valence-corrected chi connectivity index (χ2v) is 6.91. The predicted molar refractivity (Wildman–Crippen MR) is 103 cm³/mol. The normalized spacial score (nSPS) is 17.2. The van der Waals surface area contributed by atoms with E-state index in [0.717, 1.165) is 0 Å². The number of nitrogens with zero attached hydrogens (tertiary/aromatic N) is 2. The topological polar surface area (TPSA) is 51.1 Å². The van der Waals surface area contributed by atoms with Crippen molar-refractivity contribution in [1.29, 1.82) is 0 Å². The summed E-state index contributed by atoms with van der Waals surface area (Å²) in [5.41, 5.74) is 2.17. The lowest BCUT2D eigenvalue weighted by Gasteiger charge is -2.12. The van der Waals surface area contributed by atoms with Gasteiger partial charge >= 0.3 is 0 Å². The number of ether oxygens (including phenoxy) is 2. The minimum atomic E-state index is -0.283. The lowest BCUT2D eigenvalue weighted by Crippen LogP contribution is -2.21. The van der Waals surface area contributed by atoms with Crippen molar-refractivity contribution in [2.24, 2.45) is 5.10 Å². The molecule has 2 aromatic carbocycles. The van der Waals surface area contributed by atoms with Crippen molar-refractivity contribution in [2.75, 3.05) is 11.8 Å². The first-order valence-corrected chi connectivity index (χ1v) is 8.73. The zero-order valence-electron chi connectivity index (χ0n) is 13.4. The van der Waals surface area contributed by atoms with Gasteiger partial charge in [-0.1, -0.05) is 34.8 Å². The Morgan fingerprint density at radius 1 is 1.04 bits per heavy atom. The van der Waals surface area contributed by atoms with Crippen molar-refractivity contribution in [3.05, 3.63) is 56.5 Å². The van der Waals surface area contributed by atoms with E-state index in [1.165, 1.54) is 5.01 Å². The highest BCUT2D eigenvalue weighted by atomic mass is 35.5. The van der Waals surface area contributed by atoms with Gasteiger partial charge in [0.2, 0.25) is 6.79 Å². The summed E-state index contributed by atoms with van der Waals surface area (Å²) in [6, 6.07) is 8.29. The smallest absolute Gasteiger partial charge is 0.280 e. The Hall–Kier alpha value is -2.21. The number of amides is 1. The molecular formula is C18H11Cl3N2O3. The molecule has 0 unspecified atom stereocenters. The first-order chi connectivity index (χ1) is 12.4. The van der Waals surface area contributed by atoms with Gasteiger partial charge in [0.15, 0.2) is 11.5 Å². The Balaban J connectivity index is 1.70. The van der Waals surface area contributed by atoms with Crippen molar-refractivity contribution >= 4 is 58.2 Å². The maximum Gasteiger partial charge on any atom is 0.280 e. The Morgan fingerprint density at radius 2 is 1.77 bits per heavy atom. The number of hydrogen-bond acceptors (Lipinski definition) is 4. The first kappa shape index (κ1) is 17.2. The van der Waals surface area contributed by atoms with Gasteiger partial charge in [0, 0.05) is 6.07 Å². The predicted octanol–water partition coefficient (Wildman–Crippen LogP) is 5.18. The van der Waals surface area contributed by atoms with E-state index in [9.17, 15) is 4.79 Å². The molecule has 0 atom stereocenters. The molecule has 2 heterocycles. The third-order valence-electron chi connectivity index (χ3n) is 4.00. The second-order valence-electron chi connectivity index (χ2n) is 5.69. The van der Waals surface area contributed by atoms with Crippen LogP contribution < -0.4 is 14.5 Å².